The van der Waals surface area contributed by atoms with Gasteiger partial charge in [0.25, 0.3) is 0 Å². The topological polar surface area (TPSA) is 56.4 Å². The highest BCUT2D eigenvalue weighted by atomic mass is 32.1. The van der Waals surface area contributed by atoms with Crippen LogP contribution in [0.5, 0.6) is 0 Å². The Labute approximate surface area is 120 Å². The van der Waals surface area contributed by atoms with Crippen molar-refractivity contribution in [2.75, 3.05) is 26.2 Å². The maximum absolute atomic E-state index is 11.9. The molecule has 1 rings (SSSR count). The standard InChI is InChI=1S/C13H24N4OS/c1-3-7-14-13(19)16-15-12(18)11(2)10-17-8-5-4-6-9-17/h3,11H,1,4-10H2,2H3,(H,15,18)(H2,14,16,19). The Bertz CT molecular complexity index is 316. The number of nitrogens with zero attached hydrogens (tertiary/aromatic N) is 1. The molecule has 1 aliphatic rings. The van der Waals surface area contributed by atoms with Gasteiger partial charge in [-0.1, -0.05) is 19.4 Å². The smallest absolute Gasteiger partial charge is 0.242 e. The molecule has 0 saturated carbocycles. The van der Waals surface area contributed by atoms with E-state index in [1.54, 1.807) is 6.08 Å². The molecule has 1 heterocycles. The number of carbonyl (C=O) groups excluding carboxylic acids is 1. The summed E-state index contributed by atoms with van der Waals surface area (Å²) in [6.45, 7) is 9.10. The van der Waals surface area contributed by atoms with Crippen LogP contribution in [-0.2, 0) is 4.79 Å². The molecule has 1 atom stereocenters. The molecule has 5 nitrogen and oxygen atoms in total. The molecular weight excluding hydrogens is 260 g/mol. The van der Waals surface area contributed by atoms with Crippen LogP contribution in [0.2, 0.25) is 0 Å². The van der Waals surface area contributed by atoms with Crippen LogP contribution in [0.1, 0.15) is 26.2 Å². The maximum atomic E-state index is 11.9. The average Bonchev–Trinajstić information content (AvgIpc) is 2.43. The first-order chi connectivity index (χ1) is 9.13. The van der Waals surface area contributed by atoms with Gasteiger partial charge < -0.3 is 10.2 Å². The summed E-state index contributed by atoms with van der Waals surface area (Å²) in [5.74, 6) is -0.0823. The van der Waals surface area contributed by atoms with E-state index in [2.05, 4.69) is 27.6 Å². The van der Waals surface area contributed by atoms with Crippen LogP contribution in [0.25, 0.3) is 0 Å². The van der Waals surface area contributed by atoms with Crippen LogP contribution in [0.15, 0.2) is 12.7 Å². The number of thiocarbonyl (C=S) groups is 1. The molecule has 1 unspecified atom stereocenters. The molecule has 0 aromatic heterocycles. The largest absolute Gasteiger partial charge is 0.358 e. The normalized spacial score (nSPS) is 17.3. The van der Waals surface area contributed by atoms with E-state index >= 15 is 0 Å². The van der Waals surface area contributed by atoms with Gasteiger partial charge in [-0.15, -0.1) is 6.58 Å². The number of amides is 1. The average molecular weight is 284 g/mol. The second kappa shape index (κ2) is 8.87. The molecule has 0 bridgehead atoms. The van der Waals surface area contributed by atoms with E-state index in [-0.39, 0.29) is 11.8 Å². The molecule has 1 aliphatic heterocycles. The Kier molecular flexibility index (Phi) is 7.43. The van der Waals surface area contributed by atoms with Crippen molar-refractivity contribution in [3.05, 3.63) is 12.7 Å². The van der Waals surface area contributed by atoms with E-state index in [4.69, 9.17) is 12.2 Å². The zero-order chi connectivity index (χ0) is 14.1. The highest BCUT2D eigenvalue weighted by Crippen LogP contribution is 2.10. The molecular formula is C13H24N4OS. The molecule has 108 valence electrons. The lowest BCUT2D eigenvalue weighted by molar-refractivity contribution is -0.125. The van der Waals surface area contributed by atoms with Gasteiger partial charge in [0.05, 0.1) is 0 Å². The number of carbonyl (C=O) groups is 1. The molecule has 6 heteroatoms. The Balaban J connectivity index is 2.20. The van der Waals surface area contributed by atoms with E-state index in [0.29, 0.717) is 11.7 Å². The van der Waals surface area contributed by atoms with E-state index in [1.165, 1.54) is 19.3 Å². The van der Waals surface area contributed by atoms with E-state index in [1.807, 2.05) is 6.92 Å². The molecule has 0 aliphatic carbocycles. The van der Waals surface area contributed by atoms with Crippen molar-refractivity contribution in [1.29, 1.82) is 0 Å². The van der Waals surface area contributed by atoms with Crippen LogP contribution >= 0.6 is 12.2 Å². The molecule has 0 aromatic carbocycles. The highest BCUT2D eigenvalue weighted by Gasteiger charge is 2.18. The quantitative estimate of drug-likeness (QED) is 0.396. The summed E-state index contributed by atoms with van der Waals surface area (Å²) in [7, 11) is 0. The lowest BCUT2D eigenvalue weighted by Crippen LogP contribution is -2.50. The molecule has 1 saturated heterocycles. The molecule has 0 radical (unpaired) electrons. The van der Waals surface area contributed by atoms with Gasteiger partial charge in [-0.2, -0.15) is 0 Å². The molecule has 1 fully saturated rings. The fourth-order valence-electron chi connectivity index (χ4n) is 2.06. The second-order valence-electron chi connectivity index (χ2n) is 4.88. The Morgan fingerprint density at radius 3 is 2.68 bits per heavy atom. The van der Waals surface area contributed by atoms with Gasteiger partial charge in [-0.3, -0.25) is 15.6 Å². The minimum Gasteiger partial charge on any atom is -0.358 e. The monoisotopic (exact) mass is 284 g/mol. The Morgan fingerprint density at radius 1 is 1.37 bits per heavy atom. The van der Waals surface area contributed by atoms with Crippen LogP contribution in [0.3, 0.4) is 0 Å². The highest BCUT2D eigenvalue weighted by molar-refractivity contribution is 7.80. The number of hydrogen-bond donors (Lipinski definition) is 3. The van der Waals surface area contributed by atoms with Crippen molar-refractivity contribution in [2.45, 2.75) is 26.2 Å². The fraction of sp³-hybridized carbons (Fsp3) is 0.692. The van der Waals surface area contributed by atoms with Crippen LogP contribution < -0.4 is 16.2 Å². The van der Waals surface area contributed by atoms with Crippen molar-refractivity contribution in [1.82, 2.24) is 21.1 Å². The Hall–Kier alpha value is -1.14. The summed E-state index contributed by atoms with van der Waals surface area (Å²) in [6, 6.07) is 0. The summed E-state index contributed by atoms with van der Waals surface area (Å²) in [5.41, 5.74) is 5.32. The number of likely N-dealkylation sites (tertiary alicyclic amines) is 1. The van der Waals surface area contributed by atoms with Gasteiger partial charge in [-0.25, -0.2) is 0 Å². The third-order valence-corrected chi connectivity index (χ3v) is 3.38. The summed E-state index contributed by atoms with van der Waals surface area (Å²) >= 11 is 4.99. The van der Waals surface area contributed by atoms with Crippen LogP contribution in [-0.4, -0.2) is 42.1 Å². The second-order valence-corrected chi connectivity index (χ2v) is 5.28. The van der Waals surface area contributed by atoms with Gasteiger partial charge in [-0.05, 0) is 38.1 Å². The Morgan fingerprint density at radius 2 is 2.05 bits per heavy atom. The number of hydrogen-bond acceptors (Lipinski definition) is 3. The summed E-state index contributed by atoms with van der Waals surface area (Å²) in [5, 5.41) is 3.29. The molecule has 19 heavy (non-hydrogen) atoms. The van der Waals surface area contributed by atoms with Crippen molar-refractivity contribution in [3.8, 4) is 0 Å². The van der Waals surface area contributed by atoms with Crippen molar-refractivity contribution in [3.63, 3.8) is 0 Å². The first-order valence-corrected chi connectivity index (χ1v) is 7.21. The van der Waals surface area contributed by atoms with Gasteiger partial charge in [0.1, 0.15) is 0 Å². The first kappa shape index (κ1) is 15.9. The van der Waals surface area contributed by atoms with E-state index < -0.39 is 0 Å². The number of rotatable bonds is 5. The van der Waals surface area contributed by atoms with Gasteiger partial charge in [0.15, 0.2) is 5.11 Å². The zero-order valence-electron chi connectivity index (χ0n) is 11.6. The van der Waals surface area contributed by atoms with Gasteiger partial charge in [0, 0.05) is 19.0 Å². The summed E-state index contributed by atoms with van der Waals surface area (Å²) in [6.07, 6.45) is 5.49. The number of hydrazine groups is 1. The minimum atomic E-state index is -0.0483. The van der Waals surface area contributed by atoms with Crippen LogP contribution in [0, 0.1) is 5.92 Å². The van der Waals surface area contributed by atoms with Crippen molar-refractivity contribution < 1.29 is 4.79 Å². The molecule has 3 N–H and O–H groups in total. The third-order valence-electron chi connectivity index (χ3n) is 3.13. The number of piperidine rings is 1. The number of nitrogens with one attached hydrogen (secondary N) is 3. The van der Waals surface area contributed by atoms with E-state index in [0.717, 1.165) is 19.6 Å². The van der Waals surface area contributed by atoms with Crippen LogP contribution in [0.4, 0.5) is 0 Å². The molecule has 0 aromatic rings. The molecule has 0 spiro atoms. The first-order valence-electron chi connectivity index (χ1n) is 6.80. The van der Waals surface area contributed by atoms with Crippen molar-refractivity contribution >= 4 is 23.2 Å². The van der Waals surface area contributed by atoms with Gasteiger partial charge in [0.2, 0.25) is 5.91 Å². The lowest BCUT2D eigenvalue weighted by atomic mass is 10.1. The zero-order valence-corrected chi connectivity index (χ0v) is 12.4. The summed E-state index contributed by atoms with van der Waals surface area (Å²) in [4.78, 5) is 14.2. The minimum absolute atomic E-state index is 0.0340. The predicted molar refractivity (Wildman–Crippen MR) is 81.5 cm³/mol. The summed E-state index contributed by atoms with van der Waals surface area (Å²) < 4.78 is 0. The van der Waals surface area contributed by atoms with Crippen molar-refractivity contribution in [2.24, 2.45) is 5.92 Å². The predicted octanol–water partition coefficient (Wildman–Crippen LogP) is 0.790. The fourth-order valence-corrected chi connectivity index (χ4v) is 2.20. The maximum Gasteiger partial charge on any atom is 0.242 e. The van der Waals surface area contributed by atoms with Gasteiger partial charge >= 0.3 is 0 Å². The SMILES string of the molecule is C=CCNC(=S)NNC(=O)C(C)CN1CCCCC1. The third kappa shape index (κ3) is 6.54. The lowest BCUT2D eigenvalue weighted by Gasteiger charge is -2.28. The molecule has 1 amide bonds. The van der Waals surface area contributed by atoms with E-state index in [9.17, 15) is 4.79 Å².